The normalized spacial score (nSPS) is 11.4. The molecule has 4 nitrogen and oxygen atoms in total. The molecule has 0 atom stereocenters. The summed E-state index contributed by atoms with van der Waals surface area (Å²) < 4.78 is 11.7. The lowest BCUT2D eigenvalue weighted by molar-refractivity contribution is 0.261. The molecule has 38 heavy (non-hydrogen) atoms. The number of hydrogen-bond acceptors (Lipinski definition) is 4. The third kappa shape index (κ3) is 3.61. The first-order chi connectivity index (χ1) is 18.7. The third-order valence-corrected chi connectivity index (χ3v) is 7.47. The summed E-state index contributed by atoms with van der Waals surface area (Å²) in [5.74, 6) is 1.42. The lowest BCUT2D eigenvalue weighted by Gasteiger charge is -2.24. The van der Waals surface area contributed by atoms with Gasteiger partial charge in [0.25, 0.3) is 0 Å². The summed E-state index contributed by atoms with van der Waals surface area (Å²) in [4.78, 5) is 0. The maximum Gasteiger partial charge on any atom is 0.127 e. The van der Waals surface area contributed by atoms with Gasteiger partial charge in [0, 0.05) is 11.1 Å². The van der Waals surface area contributed by atoms with Crippen LogP contribution in [-0.4, -0.2) is 24.4 Å². The van der Waals surface area contributed by atoms with Gasteiger partial charge in [0.15, 0.2) is 0 Å². The van der Waals surface area contributed by atoms with Crippen LogP contribution < -0.4 is 9.47 Å². The maximum atomic E-state index is 10.9. The number of fused-ring (bicyclic) bond motifs is 3. The fourth-order valence-corrected chi connectivity index (χ4v) is 5.83. The molecule has 0 heterocycles. The number of hydrogen-bond donors (Lipinski definition) is 2. The fourth-order valence-electron chi connectivity index (χ4n) is 5.83. The van der Waals surface area contributed by atoms with Crippen LogP contribution in [-0.2, 0) is 13.2 Å². The van der Waals surface area contributed by atoms with E-state index < -0.39 is 0 Å². The average Bonchev–Trinajstić information content (AvgIpc) is 2.98. The second-order valence-electron chi connectivity index (χ2n) is 9.30. The molecule has 0 aromatic heterocycles. The SMILES string of the molecule is COc1ccc2ccccc2c1-c1c(CO)c(CO)c(-c2c(OC)ccc3ccccc23)c2ccccc12. The second-order valence-corrected chi connectivity index (χ2v) is 9.30. The molecule has 0 aliphatic rings. The molecule has 6 aromatic carbocycles. The van der Waals surface area contributed by atoms with E-state index in [4.69, 9.17) is 9.47 Å². The minimum absolute atomic E-state index is 0.248. The number of aliphatic hydroxyl groups is 2. The van der Waals surface area contributed by atoms with Gasteiger partial charge in [-0.05, 0) is 66.7 Å². The van der Waals surface area contributed by atoms with Gasteiger partial charge in [-0.3, -0.25) is 0 Å². The zero-order valence-corrected chi connectivity index (χ0v) is 21.4. The number of methoxy groups -OCH3 is 2. The molecule has 0 spiro atoms. The van der Waals surface area contributed by atoms with Gasteiger partial charge in [0.1, 0.15) is 11.5 Å². The Hall–Kier alpha value is -4.38. The van der Waals surface area contributed by atoms with Crippen LogP contribution in [0, 0.1) is 0 Å². The van der Waals surface area contributed by atoms with E-state index in [9.17, 15) is 10.2 Å². The molecule has 0 saturated heterocycles. The molecule has 188 valence electrons. The highest BCUT2D eigenvalue weighted by Gasteiger charge is 2.26. The highest BCUT2D eigenvalue weighted by molar-refractivity contribution is 6.16. The number of aliphatic hydroxyl groups excluding tert-OH is 2. The molecule has 0 amide bonds. The van der Waals surface area contributed by atoms with E-state index >= 15 is 0 Å². The van der Waals surface area contributed by atoms with E-state index in [0.717, 1.165) is 54.6 Å². The predicted octanol–water partition coefficient (Wildman–Crippen LogP) is 7.48. The van der Waals surface area contributed by atoms with Crippen LogP contribution in [0.4, 0.5) is 0 Å². The van der Waals surface area contributed by atoms with Crippen molar-refractivity contribution in [2.75, 3.05) is 14.2 Å². The summed E-state index contributed by atoms with van der Waals surface area (Å²) >= 11 is 0. The van der Waals surface area contributed by atoms with Crippen molar-refractivity contribution in [3.63, 3.8) is 0 Å². The van der Waals surface area contributed by atoms with E-state index in [2.05, 4.69) is 36.4 Å². The van der Waals surface area contributed by atoms with Crippen molar-refractivity contribution in [1.82, 2.24) is 0 Å². The van der Waals surface area contributed by atoms with Gasteiger partial charge in [-0.15, -0.1) is 0 Å². The fraction of sp³-hybridized carbons (Fsp3) is 0.118. The average molecular weight is 501 g/mol. The lowest BCUT2D eigenvalue weighted by Crippen LogP contribution is -2.05. The summed E-state index contributed by atoms with van der Waals surface area (Å²) in [6.45, 7) is -0.495. The summed E-state index contributed by atoms with van der Waals surface area (Å²) in [6.07, 6.45) is 0. The Morgan fingerprint density at radius 3 is 1.18 bits per heavy atom. The monoisotopic (exact) mass is 500 g/mol. The van der Waals surface area contributed by atoms with Gasteiger partial charge in [-0.1, -0.05) is 84.9 Å². The Balaban J connectivity index is 1.85. The molecule has 0 unspecified atom stereocenters. The molecule has 0 aliphatic carbocycles. The molecule has 0 saturated carbocycles. The molecule has 0 radical (unpaired) electrons. The number of rotatable bonds is 6. The Morgan fingerprint density at radius 1 is 0.447 bits per heavy atom. The first-order valence-electron chi connectivity index (χ1n) is 12.6. The molecule has 0 fully saturated rings. The summed E-state index contributed by atoms with van der Waals surface area (Å²) in [7, 11) is 3.33. The summed E-state index contributed by atoms with van der Waals surface area (Å²) in [5.41, 5.74) is 4.87. The standard InChI is InChI=1S/C34H28O4/c1-37-29-17-15-21-9-3-5-11-23(21)33(29)31-25-13-7-8-14-26(25)32(28(20-36)27(31)19-35)34-24-12-6-4-10-22(24)16-18-30(34)38-2/h3-18,35-36H,19-20H2,1-2H3. The van der Waals surface area contributed by atoms with Crippen LogP contribution in [0.5, 0.6) is 11.5 Å². The topological polar surface area (TPSA) is 58.9 Å². The molecule has 0 aliphatic heterocycles. The van der Waals surface area contributed by atoms with Crippen LogP contribution in [0.3, 0.4) is 0 Å². The minimum Gasteiger partial charge on any atom is -0.496 e. The Bertz CT molecular complexity index is 1690. The van der Waals surface area contributed by atoms with Crippen LogP contribution in [0.2, 0.25) is 0 Å². The third-order valence-electron chi connectivity index (χ3n) is 7.47. The second kappa shape index (κ2) is 9.82. The molecule has 0 bridgehead atoms. The molecule has 4 heteroatoms. The highest BCUT2D eigenvalue weighted by Crippen LogP contribution is 2.49. The molecule has 2 N–H and O–H groups in total. The molecular formula is C34H28O4. The van der Waals surface area contributed by atoms with Gasteiger partial charge >= 0.3 is 0 Å². The Kier molecular flexibility index (Phi) is 6.20. The van der Waals surface area contributed by atoms with E-state index in [1.165, 1.54) is 0 Å². The zero-order chi connectivity index (χ0) is 26.2. The lowest BCUT2D eigenvalue weighted by atomic mass is 9.81. The van der Waals surface area contributed by atoms with Crippen LogP contribution in [0.25, 0.3) is 54.6 Å². The van der Waals surface area contributed by atoms with Crippen molar-refractivity contribution in [3.05, 3.63) is 108 Å². The van der Waals surface area contributed by atoms with Crippen molar-refractivity contribution in [3.8, 4) is 33.8 Å². The largest absolute Gasteiger partial charge is 0.496 e. The zero-order valence-electron chi connectivity index (χ0n) is 21.4. The van der Waals surface area contributed by atoms with E-state index in [0.29, 0.717) is 22.6 Å². The van der Waals surface area contributed by atoms with Crippen molar-refractivity contribution >= 4 is 32.3 Å². The van der Waals surface area contributed by atoms with Gasteiger partial charge < -0.3 is 19.7 Å². The van der Waals surface area contributed by atoms with Crippen LogP contribution in [0.15, 0.2) is 97.1 Å². The van der Waals surface area contributed by atoms with Gasteiger partial charge in [0.05, 0.1) is 27.4 Å². The van der Waals surface area contributed by atoms with Gasteiger partial charge in [0.2, 0.25) is 0 Å². The van der Waals surface area contributed by atoms with Crippen molar-refractivity contribution in [1.29, 1.82) is 0 Å². The summed E-state index contributed by atoms with van der Waals surface area (Å²) in [5, 5.41) is 27.9. The van der Waals surface area contributed by atoms with Gasteiger partial charge in [-0.2, -0.15) is 0 Å². The maximum absolute atomic E-state index is 10.9. The van der Waals surface area contributed by atoms with Crippen molar-refractivity contribution in [2.45, 2.75) is 13.2 Å². The first kappa shape index (κ1) is 24.0. The minimum atomic E-state index is -0.248. The molecular weight excluding hydrogens is 472 g/mol. The molecule has 6 aromatic rings. The van der Waals surface area contributed by atoms with E-state index in [-0.39, 0.29) is 13.2 Å². The summed E-state index contributed by atoms with van der Waals surface area (Å²) in [6, 6.07) is 32.5. The van der Waals surface area contributed by atoms with Crippen molar-refractivity contribution < 1.29 is 19.7 Å². The number of benzene rings is 6. The van der Waals surface area contributed by atoms with Crippen molar-refractivity contribution in [2.24, 2.45) is 0 Å². The quantitative estimate of drug-likeness (QED) is 0.249. The molecule has 6 rings (SSSR count). The van der Waals surface area contributed by atoms with E-state index in [1.54, 1.807) is 14.2 Å². The number of ether oxygens (including phenoxy) is 2. The van der Waals surface area contributed by atoms with Gasteiger partial charge in [-0.25, -0.2) is 0 Å². The predicted molar refractivity (Wildman–Crippen MR) is 155 cm³/mol. The Labute approximate surface area is 221 Å². The Morgan fingerprint density at radius 2 is 0.816 bits per heavy atom. The van der Waals surface area contributed by atoms with Crippen LogP contribution >= 0.6 is 0 Å². The smallest absolute Gasteiger partial charge is 0.127 e. The van der Waals surface area contributed by atoms with E-state index in [1.807, 2.05) is 60.7 Å². The first-order valence-corrected chi connectivity index (χ1v) is 12.6. The van der Waals surface area contributed by atoms with Crippen LogP contribution in [0.1, 0.15) is 11.1 Å². The highest BCUT2D eigenvalue weighted by atomic mass is 16.5.